The Labute approximate surface area is 129 Å². The molecule has 1 atom stereocenters. The number of hydrogen-bond acceptors (Lipinski definition) is 4. The van der Waals surface area contributed by atoms with Gasteiger partial charge in [-0.3, -0.25) is 0 Å². The van der Waals surface area contributed by atoms with Gasteiger partial charge < -0.3 is 15.1 Å². The summed E-state index contributed by atoms with van der Waals surface area (Å²) in [5.74, 6) is 1.18. The van der Waals surface area contributed by atoms with E-state index < -0.39 is 0 Å². The Morgan fingerprint density at radius 2 is 2.19 bits per heavy atom. The summed E-state index contributed by atoms with van der Waals surface area (Å²) >= 11 is 0. The zero-order chi connectivity index (χ0) is 15.1. The van der Waals surface area contributed by atoms with Gasteiger partial charge in [-0.05, 0) is 45.5 Å². The fraction of sp³-hybridized carbons (Fsp3) is 0.706. The van der Waals surface area contributed by atoms with Gasteiger partial charge in [0.05, 0.1) is 0 Å². The van der Waals surface area contributed by atoms with Crippen LogP contribution >= 0.6 is 0 Å². The molecule has 21 heavy (non-hydrogen) atoms. The van der Waals surface area contributed by atoms with Crippen molar-refractivity contribution in [2.75, 3.05) is 38.1 Å². The van der Waals surface area contributed by atoms with Crippen LogP contribution in [0.5, 0.6) is 0 Å². The van der Waals surface area contributed by atoms with Gasteiger partial charge in [0.15, 0.2) is 0 Å². The molecule has 1 fully saturated rings. The van der Waals surface area contributed by atoms with Crippen LogP contribution in [0.15, 0.2) is 18.3 Å². The van der Waals surface area contributed by atoms with Crippen molar-refractivity contribution in [2.24, 2.45) is 0 Å². The molecule has 118 valence electrons. The van der Waals surface area contributed by atoms with Crippen LogP contribution in [-0.4, -0.2) is 49.2 Å². The molecule has 1 aromatic rings. The first kappa shape index (κ1) is 16.2. The third kappa shape index (κ3) is 4.42. The zero-order valence-electron chi connectivity index (χ0n) is 13.8. The lowest BCUT2D eigenvalue weighted by atomic mass is 10.1. The van der Waals surface area contributed by atoms with E-state index in [-0.39, 0.29) is 0 Å². The lowest BCUT2D eigenvalue weighted by molar-refractivity contribution is 0.327. The second-order valence-corrected chi connectivity index (χ2v) is 6.03. The Morgan fingerprint density at radius 3 is 2.95 bits per heavy atom. The van der Waals surface area contributed by atoms with E-state index >= 15 is 0 Å². The zero-order valence-corrected chi connectivity index (χ0v) is 13.8. The second-order valence-electron chi connectivity index (χ2n) is 6.03. The Bertz CT molecular complexity index is 421. The number of nitrogens with zero attached hydrogens (tertiary/aromatic N) is 3. The molecule has 0 bridgehead atoms. The van der Waals surface area contributed by atoms with Gasteiger partial charge in [-0.2, -0.15) is 0 Å². The molecule has 0 aliphatic carbocycles. The summed E-state index contributed by atoms with van der Waals surface area (Å²) in [6.07, 6.45) is 5.48. The maximum absolute atomic E-state index is 4.71. The van der Waals surface area contributed by atoms with Crippen LogP contribution in [0.2, 0.25) is 0 Å². The molecule has 1 aliphatic rings. The average molecular weight is 290 g/mol. The first-order chi connectivity index (χ1) is 10.3. The molecule has 2 heterocycles. The van der Waals surface area contributed by atoms with Crippen LogP contribution in [0, 0.1) is 0 Å². The molecule has 0 radical (unpaired) electrons. The van der Waals surface area contributed by atoms with Gasteiger partial charge in [0.1, 0.15) is 5.82 Å². The maximum Gasteiger partial charge on any atom is 0.133 e. The SMILES string of the molecule is CCCNCc1cccnc1N1CCCN(C)CC1CC. The van der Waals surface area contributed by atoms with Crippen LogP contribution in [0.3, 0.4) is 0 Å². The number of pyridine rings is 1. The number of hydrogen-bond donors (Lipinski definition) is 1. The highest BCUT2D eigenvalue weighted by Gasteiger charge is 2.24. The van der Waals surface area contributed by atoms with Crippen molar-refractivity contribution in [2.45, 2.75) is 45.7 Å². The monoisotopic (exact) mass is 290 g/mol. The lowest BCUT2D eigenvalue weighted by Crippen LogP contribution is -2.41. The largest absolute Gasteiger partial charge is 0.352 e. The molecule has 4 nitrogen and oxygen atoms in total. The van der Waals surface area contributed by atoms with Crippen LogP contribution in [0.25, 0.3) is 0 Å². The third-order valence-corrected chi connectivity index (χ3v) is 4.26. The van der Waals surface area contributed by atoms with Gasteiger partial charge >= 0.3 is 0 Å². The summed E-state index contributed by atoms with van der Waals surface area (Å²) in [5.41, 5.74) is 1.33. The molecule has 0 spiro atoms. The van der Waals surface area contributed by atoms with E-state index in [2.05, 4.69) is 48.1 Å². The van der Waals surface area contributed by atoms with Crippen LogP contribution in [0.4, 0.5) is 5.82 Å². The molecule has 1 unspecified atom stereocenters. The van der Waals surface area contributed by atoms with E-state index in [4.69, 9.17) is 4.98 Å². The van der Waals surface area contributed by atoms with E-state index in [1.165, 1.54) is 37.2 Å². The Morgan fingerprint density at radius 1 is 1.33 bits per heavy atom. The molecule has 2 rings (SSSR count). The molecular formula is C17H30N4. The second kappa shape index (κ2) is 8.35. The van der Waals surface area contributed by atoms with Crippen molar-refractivity contribution in [3.63, 3.8) is 0 Å². The predicted octanol–water partition coefficient (Wildman–Crippen LogP) is 2.50. The molecule has 1 aliphatic heterocycles. The highest BCUT2D eigenvalue weighted by atomic mass is 15.3. The third-order valence-electron chi connectivity index (χ3n) is 4.26. The predicted molar refractivity (Wildman–Crippen MR) is 89.8 cm³/mol. The number of rotatable bonds is 6. The van der Waals surface area contributed by atoms with Crippen LogP contribution in [0.1, 0.15) is 38.7 Å². The Kier molecular flexibility index (Phi) is 6.46. The number of aromatic nitrogens is 1. The van der Waals surface area contributed by atoms with Crippen LogP contribution < -0.4 is 10.2 Å². The van der Waals surface area contributed by atoms with Crippen molar-refractivity contribution < 1.29 is 0 Å². The van der Waals surface area contributed by atoms with E-state index in [1.54, 1.807) is 0 Å². The van der Waals surface area contributed by atoms with Crippen LogP contribution in [-0.2, 0) is 6.54 Å². The minimum atomic E-state index is 0.567. The molecular weight excluding hydrogens is 260 g/mol. The summed E-state index contributed by atoms with van der Waals surface area (Å²) in [4.78, 5) is 9.70. The average Bonchev–Trinajstić information content (AvgIpc) is 2.69. The molecule has 4 heteroatoms. The molecule has 1 N–H and O–H groups in total. The Balaban J connectivity index is 2.17. The van der Waals surface area contributed by atoms with E-state index in [0.717, 1.165) is 26.2 Å². The fourth-order valence-corrected chi connectivity index (χ4v) is 3.10. The summed E-state index contributed by atoms with van der Waals surface area (Å²) in [7, 11) is 2.23. The highest BCUT2D eigenvalue weighted by molar-refractivity contribution is 5.48. The first-order valence-electron chi connectivity index (χ1n) is 8.36. The van der Waals surface area contributed by atoms with E-state index in [9.17, 15) is 0 Å². The first-order valence-corrected chi connectivity index (χ1v) is 8.36. The topological polar surface area (TPSA) is 31.4 Å². The molecule has 0 amide bonds. The molecule has 1 aromatic heterocycles. The molecule has 1 saturated heterocycles. The number of nitrogens with one attached hydrogen (secondary N) is 1. The maximum atomic E-state index is 4.71. The summed E-state index contributed by atoms with van der Waals surface area (Å²) < 4.78 is 0. The standard InChI is InChI=1S/C17H30N4/c1-4-9-18-13-15-8-6-10-19-17(15)21-12-7-11-20(3)14-16(21)5-2/h6,8,10,16,18H,4-5,7,9,11-14H2,1-3H3. The normalized spacial score (nSPS) is 20.5. The summed E-state index contributed by atoms with van der Waals surface area (Å²) in [6, 6.07) is 4.83. The van der Waals surface area contributed by atoms with Gasteiger partial charge in [0.25, 0.3) is 0 Å². The summed E-state index contributed by atoms with van der Waals surface area (Å²) in [6.45, 7) is 9.90. The van der Waals surface area contributed by atoms with Gasteiger partial charge in [0, 0.05) is 37.4 Å². The van der Waals surface area contributed by atoms with Crippen molar-refractivity contribution in [3.8, 4) is 0 Å². The smallest absolute Gasteiger partial charge is 0.133 e. The van der Waals surface area contributed by atoms with Crippen molar-refractivity contribution in [1.82, 2.24) is 15.2 Å². The van der Waals surface area contributed by atoms with Gasteiger partial charge in [-0.1, -0.05) is 19.9 Å². The minimum Gasteiger partial charge on any atom is -0.352 e. The van der Waals surface area contributed by atoms with Gasteiger partial charge in [-0.15, -0.1) is 0 Å². The Hall–Kier alpha value is -1.13. The number of anilines is 1. The summed E-state index contributed by atoms with van der Waals surface area (Å²) in [5, 5.41) is 3.51. The van der Waals surface area contributed by atoms with Gasteiger partial charge in [0.2, 0.25) is 0 Å². The van der Waals surface area contributed by atoms with E-state index in [0.29, 0.717) is 6.04 Å². The highest BCUT2D eigenvalue weighted by Crippen LogP contribution is 2.23. The quantitative estimate of drug-likeness (QED) is 0.816. The molecule has 0 aromatic carbocycles. The minimum absolute atomic E-state index is 0.567. The number of likely N-dealkylation sites (N-methyl/N-ethyl adjacent to an activating group) is 1. The fourth-order valence-electron chi connectivity index (χ4n) is 3.10. The van der Waals surface area contributed by atoms with E-state index in [1.807, 2.05) is 6.20 Å². The van der Waals surface area contributed by atoms with Crippen molar-refractivity contribution >= 4 is 5.82 Å². The van der Waals surface area contributed by atoms with Gasteiger partial charge in [-0.25, -0.2) is 4.98 Å². The lowest BCUT2D eigenvalue weighted by Gasteiger charge is -2.32. The van der Waals surface area contributed by atoms with Crippen molar-refractivity contribution in [1.29, 1.82) is 0 Å². The molecule has 0 saturated carbocycles. The van der Waals surface area contributed by atoms with Crippen molar-refractivity contribution in [3.05, 3.63) is 23.9 Å².